The van der Waals surface area contributed by atoms with Gasteiger partial charge in [-0.25, -0.2) is 13.1 Å². The number of hydrogen-bond acceptors (Lipinski definition) is 5. The molecule has 31 heavy (non-hydrogen) atoms. The molecule has 1 aliphatic heterocycles. The van der Waals surface area contributed by atoms with Gasteiger partial charge in [0.05, 0.1) is 10.6 Å². The summed E-state index contributed by atoms with van der Waals surface area (Å²) in [4.78, 5) is 24.2. The fourth-order valence-corrected chi connectivity index (χ4v) is 5.22. The third-order valence-corrected chi connectivity index (χ3v) is 7.02. The molecule has 0 radical (unpaired) electrons. The summed E-state index contributed by atoms with van der Waals surface area (Å²) in [5.74, 6) is -0.992. The Morgan fingerprint density at radius 2 is 1.74 bits per heavy atom. The molecule has 2 aromatic carbocycles. The summed E-state index contributed by atoms with van der Waals surface area (Å²) in [6.45, 7) is 0.301. The van der Waals surface area contributed by atoms with Gasteiger partial charge in [0.2, 0.25) is 15.9 Å². The Bertz CT molecular complexity index is 1210. The van der Waals surface area contributed by atoms with E-state index in [0.717, 1.165) is 0 Å². The van der Waals surface area contributed by atoms with E-state index in [9.17, 15) is 18.0 Å². The Balaban J connectivity index is 1.48. The molecular weight excluding hydrogens is 418 g/mol. The quantitative estimate of drug-likeness (QED) is 0.605. The zero-order chi connectivity index (χ0) is 22.0. The molecule has 9 nitrogen and oxygen atoms in total. The summed E-state index contributed by atoms with van der Waals surface area (Å²) in [5.41, 5.74) is 6.57. The van der Waals surface area contributed by atoms with Crippen LogP contribution in [-0.2, 0) is 14.8 Å². The van der Waals surface area contributed by atoms with E-state index in [1.807, 2.05) is 0 Å². The monoisotopic (exact) mass is 439 g/mol. The zero-order valence-electron chi connectivity index (χ0n) is 16.5. The molecule has 0 spiro atoms. The highest BCUT2D eigenvalue weighted by molar-refractivity contribution is 7.89. The van der Waals surface area contributed by atoms with Crippen molar-refractivity contribution < 1.29 is 18.0 Å². The number of rotatable bonds is 6. The van der Waals surface area contributed by atoms with Crippen molar-refractivity contribution in [2.24, 2.45) is 5.73 Å². The van der Waals surface area contributed by atoms with Crippen LogP contribution in [0.1, 0.15) is 23.3 Å². The Kier molecular flexibility index (Phi) is 5.57. The van der Waals surface area contributed by atoms with Crippen LogP contribution in [0.15, 0.2) is 71.8 Å². The van der Waals surface area contributed by atoms with Gasteiger partial charge in [0.1, 0.15) is 11.7 Å². The number of nitrogens with one attached hydrogen (secondary N) is 1. The van der Waals surface area contributed by atoms with Crippen LogP contribution in [0.4, 0.5) is 5.69 Å². The van der Waals surface area contributed by atoms with Crippen molar-refractivity contribution in [2.75, 3.05) is 11.9 Å². The molecule has 1 aliphatic rings. The smallest absolute Gasteiger partial charge is 0.269 e. The number of benzene rings is 2. The standard InChI is InChI=1S/C21H21N5O4S/c22-20(27)18-12-14-25(24-18)16-10-8-15(9-11-16)23-21(28)19-7-4-13-26(19)31(29,30)17-5-2-1-3-6-17/h1-3,5-6,8-12,14,19H,4,7,13H2,(H2,22,27)(H,23,28). The number of hydrogen-bond donors (Lipinski definition) is 2. The van der Waals surface area contributed by atoms with Gasteiger partial charge in [0, 0.05) is 18.4 Å². The molecule has 3 aromatic rings. The number of sulfonamides is 1. The van der Waals surface area contributed by atoms with Crippen LogP contribution < -0.4 is 11.1 Å². The molecule has 10 heteroatoms. The van der Waals surface area contributed by atoms with E-state index in [-0.39, 0.29) is 16.5 Å². The SMILES string of the molecule is NC(=O)c1ccn(-c2ccc(NC(=O)C3CCCN3S(=O)(=O)c3ccccc3)cc2)n1. The summed E-state index contributed by atoms with van der Waals surface area (Å²) in [7, 11) is -3.75. The van der Waals surface area contributed by atoms with E-state index in [4.69, 9.17) is 5.73 Å². The number of primary amides is 1. The van der Waals surface area contributed by atoms with Crippen LogP contribution in [0, 0.1) is 0 Å². The van der Waals surface area contributed by atoms with Gasteiger partial charge >= 0.3 is 0 Å². The van der Waals surface area contributed by atoms with Crippen LogP contribution in [0.25, 0.3) is 5.69 Å². The Labute approximate surface area is 179 Å². The fraction of sp³-hybridized carbons (Fsp3) is 0.190. The maximum atomic E-state index is 13.0. The second-order valence-electron chi connectivity index (χ2n) is 7.13. The molecule has 2 heterocycles. The molecule has 0 aliphatic carbocycles. The van der Waals surface area contributed by atoms with Crippen molar-refractivity contribution in [1.29, 1.82) is 0 Å². The first-order valence-electron chi connectivity index (χ1n) is 9.70. The predicted octanol–water partition coefficient (Wildman–Crippen LogP) is 1.76. The molecule has 1 saturated heterocycles. The van der Waals surface area contributed by atoms with Crippen molar-refractivity contribution in [1.82, 2.24) is 14.1 Å². The predicted molar refractivity (Wildman–Crippen MR) is 114 cm³/mol. The van der Waals surface area contributed by atoms with Crippen molar-refractivity contribution >= 4 is 27.5 Å². The van der Waals surface area contributed by atoms with Crippen LogP contribution >= 0.6 is 0 Å². The van der Waals surface area contributed by atoms with Crippen molar-refractivity contribution in [3.63, 3.8) is 0 Å². The summed E-state index contributed by atoms with van der Waals surface area (Å²) in [6.07, 6.45) is 2.68. The highest BCUT2D eigenvalue weighted by atomic mass is 32.2. The summed E-state index contributed by atoms with van der Waals surface area (Å²) >= 11 is 0. The van der Waals surface area contributed by atoms with E-state index in [2.05, 4.69) is 10.4 Å². The molecule has 3 N–H and O–H groups in total. The van der Waals surface area contributed by atoms with Gasteiger partial charge in [-0.3, -0.25) is 9.59 Å². The van der Waals surface area contributed by atoms with Crippen molar-refractivity contribution in [2.45, 2.75) is 23.8 Å². The van der Waals surface area contributed by atoms with Gasteiger partial charge in [-0.15, -0.1) is 0 Å². The van der Waals surface area contributed by atoms with Gasteiger partial charge in [0.15, 0.2) is 0 Å². The molecule has 1 aromatic heterocycles. The van der Waals surface area contributed by atoms with E-state index in [1.165, 1.54) is 27.2 Å². The van der Waals surface area contributed by atoms with Gasteiger partial charge in [-0.1, -0.05) is 18.2 Å². The lowest BCUT2D eigenvalue weighted by Crippen LogP contribution is -2.43. The largest absolute Gasteiger partial charge is 0.364 e. The van der Waals surface area contributed by atoms with E-state index in [1.54, 1.807) is 48.7 Å². The van der Waals surface area contributed by atoms with E-state index in [0.29, 0.717) is 30.8 Å². The third-order valence-electron chi connectivity index (χ3n) is 5.10. The second-order valence-corrected chi connectivity index (χ2v) is 9.02. The van der Waals surface area contributed by atoms with Gasteiger partial charge < -0.3 is 11.1 Å². The Morgan fingerprint density at radius 3 is 2.39 bits per heavy atom. The number of anilines is 1. The van der Waals surface area contributed by atoms with Gasteiger partial charge in [0.25, 0.3) is 5.91 Å². The topological polar surface area (TPSA) is 127 Å². The first kappa shape index (κ1) is 20.8. The minimum Gasteiger partial charge on any atom is -0.364 e. The van der Waals surface area contributed by atoms with Gasteiger partial charge in [-0.2, -0.15) is 9.40 Å². The fourth-order valence-electron chi connectivity index (χ4n) is 3.54. The summed E-state index contributed by atoms with van der Waals surface area (Å²) in [5, 5.41) is 6.87. The lowest BCUT2D eigenvalue weighted by molar-refractivity contribution is -0.119. The summed E-state index contributed by atoms with van der Waals surface area (Å²) in [6, 6.07) is 15.7. The average molecular weight is 439 g/mol. The first-order valence-corrected chi connectivity index (χ1v) is 11.1. The van der Waals surface area contributed by atoms with Crippen LogP contribution in [0.2, 0.25) is 0 Å². The minimum atomic E-state index is -3.75. The molecule has 0 bridgehead atoms. The van der Waals surface area contributed by atoms with Crippen molar-refractivity contribution in [3.05, 3.63) is 72.6 Å². The highest BCUT2D eigenvalue weighted by Gasteiger charge is 2.39. The molecular formula is C21H21N5O4S. The lowest BCUT2D eigenvalue weighted by Gasteiger charge is -2.23. The van der Waals surface area contributed by atoms with Crippen molar-refractivity contribution in [3.8, 4) is 5.69 Å². The average Bonchev–Trinajstić information content (AvgIpc) is 3.45. The molecule has 1 unspecified atom stereocenters. The number of amides is 2. The molecule has 2 amide bonds. The number of nitrogens with two attached hydrogens (primary N) is 1. The minimum absolute atomic E-state index is 0.151. The van der Waals surface area contributed by atoms with Crippen LogP contribution in [0.5, 0.6) is 0 Å². The molecule has 0 saturated carbocycles. The molecule has 160 valence electrons. The Hall–Kier alpha value is -3.50. The number of nitrogens with zero attached hydrogens (tertiary/aromatic N) is 3. The third kappa shape index (κ3) is 4.21. The van der Waals surface area contributed by atoms with E-state index < -0.39 is 22.0 Å². The van der Waals surface area contributed by atoms with Crippen LogP contribution in [0.3, 0.4) is 0 Å². The maximum absolute atomic E-state index is 13.0. The maximum Gasteiger partial charge on any atom is 0.269 e. The molecule has 1 atom stereocenters. The number of carbonyl (C=O) groups is 2. The number of aromatic nitrogens is 2. The highest BCUT2D eigenvalue weighted by Crippen LogP contribution is 2.27. The summed E-state index contributed by atoms with van der Waals surface area (Å²) < 4.78 is 28.7. The normalized spacial score (nSPS) is 16.8. The molecule has 4 rings (SSSR count). The zero-order valence-corrected chi connectivity index (χ0v) is 17.3. The second kappa shape index (κ2) is 8.32. The van der Waals surface area contributed by atoms with Crippen LogP contribution in [-0.4, -0.2) is 46.9 Å². The number of carbonyl (C=O) groups excluding carboxylic acids is 2. The lowest BCUT2D eigenvalue weighted by atomic mass is 10.2. The molecule has 1 fully saturated rings. The van der Waals surface area contributed by atoms with E-state index >= 15 is 0 Å². The first-order chi connectivity index (χ1) is 14.9. The van der Waals surface area contributed by atoms with Gasteiger partial charge in [-0.05, 0) is 55.3 Å². The Morgan fingerprint density at radius 1 is 1.03 bits per heavy atom.